The molecule has 5 nitrogen and oxygen atoms in total. The van der Waals surface area contributed by atoms with E-state index >= 15 is 0 Å². The molecule has 6 heteroatoms. The standard InChI is InChI=1S/C13H13FN2O3/c1-16-6-5-15-12(16)8-19-13(17)9-3-4-10(14)11(7-9)18-2/h3-7H,8H2,1-2H3. The van der Waals surface area contributed by atoms with Crippen LogP contribution in [0, 0.1) is 5.82 Å². The highest BCUT2D eigenvalue weighted by molar-refractivity contribution is 5.89. The van der Waals surface area contributed by atoms with Gasteiger partial charge in [-0.2, -0.15) is 0 Å². The summed E-state index contributed by atoms with van der Waals surface area (Å²) in [5.74, 6) is -0.446. The minimum Gasteiger partial charge on any atom is -0.494 e. The number of carbonyl (C=O) groups excluding carboxylic acids is 1. The second-order valence-corrected chi connectivity index (χ2v) is 3.88. The Kier molecular flexibility index (Phi) is 3.79. The average molecular weight is 264 g/mol. The summed E-state index contributed by atoms with van der Waals surface area (Å²) in [6.45, 7) is 0.0576. The van der Waals surface area contributed by atoms with Crippen LogP contribution in [0.25, 0.3) is 0 Å². The molecular weight excluding hydrogens is 251 g/mol. The van der Waals surface area contributed by atoms with E-state index in [2.05, 4.69) is 4.98 Å². The Labute approximate surface area is 109 Å². The lowest BCUT2D eigenvalue weighted by Gasteiger charge is -2.07. The lowest BCUT2D eigenvalue weighted by Crippen LogP contribution is -2.08. The summed E-state index contributed by atoms with van der Waals surface area (Å²) in [5, 5.41) is 0. The zero-order chi connectivity index (χ0) is 13.8. The van der Waals surface area contributed by atoms with E-state index in [0.29, 0.717) is 5.82 Å². The molecule has 1 aromatic heterocycles. The number of hydrogen-bond donors (Lipinski definition) is 0. The molecule has 0 radical (unpaired) electrons. The minimum atomic E-state index is -0.554. The van der Waals surface area contributed by atoms with Crippen molar-refractivity contribution in [1.82, 2.24) is 9.55 Å². The van der Waals surface area contributed by atoms with Crippen LogP contribution in [-0.4, -0.2) is 22.6 Å². The largest absolute Gasteiger partial charge is 0.494 e. The summed E-state index contributed by atoms with van der Waals surface area (Å²) in [4.78, 5) is 15.8. The van der Waals surface area contributed by atoms with Crippen molar-refractivity contribution in [3.63, 3.8) is 0 Å². The van der Waals surface area contributed by atoms with Crippen LogP contribution < -0.4 is 4.74 Å². The smallest absolute Gasteiger partial charge is 0.338 e. The predicted octanol–water partition coefficient (Wildman–Crippen LogP) is 1.92. The molecule has 0 aliphatic rings. The molecule has 19 heavy (non-hydrogen) atoms. The predicted molar refractivity (Wildman–Crippen MR) is 65.3 cm³/mol. The van der Waals surface area contributed by atoms with Crippen molar-refractivity contribution in [3.05, 3.63) is 47.8 Å². The van der Waals surface area contributed by atoms with E-state index in [1.165, 1.54) is 19.2 Å². The second-order valence-electron chi connectivity index (χ2n) is 3.88. The SMILES string of the molecule is COc1cc(C(=O)OCc2nccn2C)ccc1F. The fourth-order valence-corrected chi connectivity index (χ4v) is 1.54. The number of methoxy groups -OCH3 is 1. The van der Waals surface area contributed by atoms with E-state index in [0.717, 1.165) is 6.07 Å². The van der Waals surface area contributed by atoms with Crippen LogP contribution >= 0.6 is 0 Å². The lowest BCUT2D eigenvalue weighted by atomic mass is 10.2. The van der Waals surface area contributed by atoms with Gasteiger partial charge in [-0.05, 0) is 18.2 Å². The van der Waals surface area contributed by atoms with Gasteiger partial charge in [-0.1, -0.05) is 0 Å². The van der Waals surface area contributed by atoms with Crippen LogP contribution in [0.15, 0.2) is 30.6 Å². The van der Waals surface area contributed by atoms with E-state index in [1.807, 2.05) is 0 Å². The first-order valence-corrected chi connectivity index (χ1v) is 5.58. The highest BCUT2D eigenvalue weighted by atomic mass is 19.1. The van der Waals surface area contributed by atoms with Crippen molar-refractivity contribution in [1.29, 1.82) is 0 Å². The Bertz CT molecular complexity index is 595. The summed E-state index contributed by atoms with van der Waals surface area (Å²) < 4.78 is 24.9. The fourth-order valence-electron chi connectivity index (χ4n) is 1.54. The Morgan fingerprint density at radius 3 is 2.89 bits per heavy atom. The number of hydrogen-bond acceptors (Lipinski definition) is 4. The highest BCUT2D eigenvalue weighted by Crippen LogP contribution is 2.19. The molecule has 1 heterocycles. The molecule has 0 N–H and O–H groups in total. The molecule has 0 saturated heterocycles. The molecule has 2 aromatic rings. The third-order valence-corrected chi connectivity index (χ3v) is 2.64. The minimum absolute atomic E-state index is 0.00596. The molecular formula is C13H13FN2O3. The van der Waals surface area contributed by atoms with Crippen LogP contribution in [0.4, 0.5) is 4.39 Å². The van der Waals surface area contributed by atoms with E-state index < -0.39 is 11.8 Å². The van der Waals surface area contributed by atoms with Gasteiger partial charge in [-0.25, -0.2) is 14.2 Å². The van der Waals surface area contributed by atoms with E-state index in [9.17, 15) is 9.18 Å². The maximum absolute atomic E-state index is 13.2. The Balaban J connectivity index is 2.06. The molecule has 0 aliphatic heterocycles. The molecule has 0 bridgehead atoms. The molecule has 1 aromatic carbocycles. The second kappa shape index (κ2) is 5.51. The van der Waals surface area contributed by atoms with Crippen LogP contribution in [0.3, 0.4) is 0 Å². The summed E-state index contributed by atoms with van der Waals surface area (Å²) in [5.41, 5.74) is 0.229. The van der Waals surface area contributed by atoms with Crippen molar-refractivity contribution in [2.24, 2.45) is 7.05 Å². The number of halogens is 1. The van der Waals surface area contributed by atoms with E-state index in [1.54, 1.807) is 24.0 Å². The first-order valence-electron chi connectivity index (χ1n) is 5.58. The number of aryl methyl sites for hydroxylation is 1. The first kappa shape index (κ1) is 13.1. The van der Waals surface area contributed by atoms with Crippen molar-refractivity contribution in [3.8, 4) is 5.75 Å². The number of imidazole rings is 1. The van der Waals surface area contributed by atoms with Crippen LogP contribution in [0.2, 0.25) is 0 Å². The van der Waals surface area contributed by atoms with Crippen molar-refractivity contribution >= 4 is 5.97 Å². The van der Waals surface area contributed by atoms with Crippen molar-refractivity contribution < 1.29 is 18.7 Å². The monoisotopic (exact) mass is 264 g/mol. The number of nitrogens with zero attached hydrogens (tertiary/aromatic N) is 2. The third kappa shape index (κ3) is 2.90. The molecule has 0 amide bonds. The number of ether oxygens (including phenoxy) is 2. The summed E-state index contributed by atoms with van der Waals surface area (Å²) in [6, 6.07) is 3.81. The average Bonchev–Trinajstić information content (AvgIpc) is 2.82. The Morgan fingerprint density at radius 2 is 2.26 bits per heavy atom. The van der Waals surface area contributed by atoms with Crippen LogP contribution in [0.5, 0.6) is 5.75 Å². The molecule has 2 rings (SSSR count). The van der Waals surface area contributed by atoms with Crippen LogP contribution in [0.1, 0.15) is 16.2 Å². The van der Waals surface area contributed by atoms with Gasteiger partial charge >= 0.3 is 5.97 Å². The third-order valence-electron chi connectivity index (χ3n) is 2.64. The van der Waals surface area contributed by atoms with Gasteiger partial charge in [-0.15, -0.1) is 0 Å². The molecule has 0 atom stereocenters. The molecule has 0 aliphatic carbocycles. The van der Waals surface area contributed by atoms with Gasteiger partial charge in [0.2, 0.25) is 0 Å². The molecule has 0 unspecified atom stereocenters. The topological polar surface area (TPSA) is 53.4 Å². The molecule has 100 valence electrons. The zero-order valence-electron chi connectivity index (χ0n) is 10.6. The Hall–Kier alpha value is -2.37. The van der Waals surface area contributed by atoms with E-state index in [4.69, 9.17) is 9.47 Å². The van der Waals surface area contributed by atoms with Gasteiger partial charge in [-0.3, -0.25) is 0 Å². The van der Waals surface area contributed by atoms with Gasteiger partial charge in [0.1, 0.15) is 12.4 Å². The van der Waals surface area contributed by atoms with Gasteiger partial charge in [0.05, 0.1) is 12.7 Å². The zero-order valence-corrected chi connectivity index (χ0v) is 10.6. The normalized spacial score (nSPS) is 10.3. The lowest BCUT2D eigenvalue weighted by molar-refractivity contribution is 0.0459. The van der Waals surface area contributed by atoms with Gasteiger partial charge < -0.3 is 14.0 Å². The number of aromatic nitrogens is 2. The number of carbonyl (C=O) groups is 1. The number of rotatable bonds is 4. The van der Waals surface area contributed by atoms with Gasteiger partial charge in [0.15, 0.2) is 11.6 Å². The van der Waals surface area contributed by atoms with Crippen molar-refractivity contribution in [2.45, 2.75) is 6.61 Å². The summed E-state index contributed by atoms with van der Waals surface area (Å²) >= 11 is 0. The fraction of sp³-hybridized carbons (Fsp3) is 0.231. The number of esters is 1. The molecule has 0 saturated carbocycles. The van der Waals surface area contributed by atoms with Crippen LogP contribution in [-0.2, 0) is 18.4 Å². The highest BCUT2D eigenvalue weighted by Gasteiger charge is 2.12. The molecule has 0 spiro atoms. The van der Waals surface area contributed by atoms with Crippen molar-refractivity contribution in [2.75, 3.05) is 7.11 Å². The summed E-state index contributed by atoms with van der Waals surface area (Å²) in [7, 11) is 3.14. The summed E-state index contributed by atoms with van der Waals surface area (Å²) in [6.07, 6.45) is 3.37. The quantitative estimate of drug-likeness (QED) is 0.792. The maximum atomic E-state index is 13.2. The maximum Gasteiger partial charge on any atom is 0.338 e. The van der Waals surface area contributed by atoms with Gasteiger partial charge in [0.25, 0.3) is 0 Å². The van der Waals surface area contributed by atoms with Gasteiger partial charge in [0, 0.05) is 19.4 Å². The van der Waals surface area contributed by atoms with E-state index in [-0.39, 0.29) is 17.9 Å². The Morgan fingerprint density at radius 1 is 1.47 bits per heavy atom. The first-order chi connectivity index (χ1) is 9.11. The number of benzene rings is 1. The molecule has 0 fully saturated rings.